The summed E-state index contributed by atoms with van der Waals surface area (Å²) in [6.07, 6.45) is 6.34. The molecule has 3 aromatic heterocycles. The van der Waals surface area contributed by atoms with E-state index >= 15 is 0 Å². The summed E-state index contributed by atoms with van der Waals surface area (Å²) in [5.74, 6) is 1.18. The third-order valence-electron chi connectivity index (χ3n) is 7.32. The van der Waals surface area contributed by atoms with Gasteiger partial charge in [-0.25, -0.2) is 9.37 Å². The summed E-state index contributed by atoms with van der Waals surface area (Å²) in [7, 11) is 0. The molecule has 0 aliphatic heterocycles. The van der Waals surface area contributed by atoms with Crippen LogP contribution in [0.2, 0.25) is 0 Å². The van der Waals surface area contributed by atoms with Crippen LogP contribution in [-0.4, -0.2) is 19.3 Å². The first-order chi connectivity index (χ1) is 20.1. The molecule has 4 aromatic carbocycles. The Bertz CT molecular complexity index is 2060. The van der Waals surface area contributed by atoms with E-state index in [0.717, 1.165) is 39.5 Å². The molecule has 0 bridgehead atoms. The number of hydrogen-bond acceptors (Lipinski definition) is 3. The number of hydrogen-bond donors (Lipinski definition) is 0. The first kappa shape index (κ1) is 27.6. The number of benzene rings is 4. The number of nitrogens with zero attached hydrogens (tertiary/aromatic N) is 4. The average Bonchev–Trinajstić information content (AvgIpc) is 3.60. The van der Waals surface area contributed by atoms with Crippen LogP contribution < -0.4 is 4.74 Å². The van der Waals surface area contributed by atoms with E-state index in [4.69, 9.17) is 4.74 Å². The number of fused-ring (bicyclic) bond motifs is 3. The molecule has 5 nitrogen and oxygen atoms in total. The molecule has 0 atom stereocenters. The molecule has 0 radical (unpaired) electrons. The number of halogens is 1. The second-order valence-electron chi connectivity index (χ2n) is 9.91. The molecule has 0 saturated heterocycles. The third kappa shape index (κ3) is 4.93. The molecule has 42 heavy (non-hydrogen) atoms. The van der Waals surface area contributed by atoms with E-state index in [0.29, 0.717) is 17.3 Å². The minimum absolute atomic E-state index is 0. The Morgan fingerprint density at radius 1 is 0.881 bits per heavy atom. The van der Waals surface area contributed by atoms with Crippen molar-refractivity contribution in [3.8, 4) is 34.1 Å². The number of aryl methyl sites for hydroxylation is 2. The quantitative estimate of drug-likeness (QED) is 0.162. The minimum Gasteiger partial charge on any atom is -0.509 e. The van der Waals surface area contributed by atoms with Crippen molar-refractivity contribution in [2.24, 2.45) is 0 Å². The second-order valence-corrected chi connectivity index (χ2v) is 9.91. The number of pyridine rings is 1. The normalized spacial score (nSPS) is 11.1. The Morgan fingerprint density at radius 3 is 2.57 bits per heavy atom. The van der Waals surface area contributed by atoms with Crippen LogP contribution in [0, 0.1) is 24.9 Å². The van der Waals surface area contributed by atoms with Crippen LogP contribution in [0.3, 0.4) is 0 Å². The topological polar surface area (TPSA) is 44.9 Å². The van der Waals surface area contributed by atoms with E-state index in [2.05, 4.69) is 54.3 Å². The maximum atomic E-state index is 14.2. The summed E-state index contributed by atoms with van der Waals surface area (Å²) in [6, 6.07) is 33.4. The Balaban J connectivity index is 0.00000316. The van der Waals surface area contributed by atoms with Crippen molar-refractivity contribution < 1.29 is 30.2 Å². The Kier molecular flexibility index (Phi) is 7.49. The van der Waals surface area contributed by atoms with Crippen molar-refractivity contribution in [2.45, 2.75) is 20.3 Å². The molecule has 0 amide bonds. The second kappa shape index (κ2) is 11.4. The number of rotatable bonds is 6. The first-order valence-corrected chi connectivity index (χ1v) is 13.5. The van der Waals surface area contributed by atoms with Gasteiger partial charge in [0.1, 0.15) is 11.6 Å². The van der Waals surface area contributed by atoms with Gasteiger partial charge in [0.25, 0.3) is 0 Å². The van der Waals surface area contributed by atoms with Crippen LogP contribution in [0.4, 0.5) is 4.39 Å². The molecule has 0 fully saturated rings. The molecule has 0 aliphatic rings. The summed E-state index contributed by atoms with van der Waals surface area (Å²) >= 11 is 0. The molecule has 0 N–H and O–H groups in total. The van der Waals surface area contributed by atoms with Gasteiger partial charge in [-0.3, -0.25) is 4.68 Å². The van der Waals surface area contributed by atoms with Crippen LogP contribution in [0.25, 0.3) is 44.4 Å². The van der Waals surface area contributed by atoms with Gasteiger partial charge in [0.15, 0.2) is 0 Å². The predicted molar refractivity (Wildman–Crippen MR) is 159 cm³/mol. The number of aromatic nitrogens is 4. The van der Waals surface area contributed by atoms with Crippen molar-refractivity contribution in [2.75, 3.05) is 0 Å². The molecule has 3 heterocycles. The van der Waals surface area contributed by atoms with E-state index < -0.39 is 0 Å². The van der Waals surface area contributed by atoms with Gasteiger partial charge >= 0.3 is 21.1 Å². The van der Waals surface area contributed by atoms with Gasteiger partial charge in [-0.2, -0.15) is 17.2 Å². The van der Waals surface area contributed by atoms with Crippen LogP contribution in [0.15, 0.2) is 104 Å². The molecule has 208 valence electrons. The molecule has 0 unspecified atom stereocenters. The van der Waals surface area contributed by atoms with Crippen molar-refractivity contribution in [3.05, 3.63) is 133 Å². The van der Waals surface area contributed by atoms with Gasteiger partial charge in [-0.1, -0.05) is 48.8 Å². The van der Waals surface area contributed by atoms with Crippen LogP contribution in [0.1, 0.15) is 18.1 Å². The summed E-state index contributed by atoms with van der Waals surface area (Å²) in [4.78, 5) is 4.43. The van der Waals surface area contributed by atoms with Crippen molar-refractivity contribution in [3.63, 3.8) is 0 Å². The van der Waals surface area contributed by atoms with E-state index in [1.807, 2.05) is 76.2 Å². The van der Waals surface area contributed by atoms with Crippen molar-refractivity contribution in [1.82, 2.24) is 19.3 Å². The summed E-state index contributed by atoms with van der Waals surface area (Å²) in [6.45, 7) is 4.29. The van der Waals surface area contributed by atoms with Crippen LogP contribution in [-0.2, 0) is 27.5 Å². The van der Waals surface area contributed by atoms with Gasteiger partial charge in [0.2, 0.25) is 0 Å². The van der Waals surface area contributed by atoms with Crippen molar-refractivity contribution >= 4 is 21.8 Å². The maximum absolute atomic E-state index is 14.2. The summed E-state index contributed by atoms with van der Waals surface area (Å²) in [5.41, 5.74) is 7.23. The zero-order chi connectivity index (χ0) is 27.9. The number of ether oxygens (including phenoxy) is 1. The van der Waals surface area contributed by atoms with E-state index in [-0.39, 0.29) is 26.9 Å². The summed E-state index contributed by atoms with van der Waals surface area (Å²) in [5, 5.41) is 6.63. The van der Waals surface area contributed by atoms with E-state index in [1.54, 1.807) is 0 Å². The number of para-hydroxylation sites is 1. The van der Waals surface area contributed by atoms with Gasteiger partial charge in [0.05, 0.1) is 6.20 Å². The Labute approximate surface area is 257 Å². The fourth-order valence-electron chi connectivity index (χ4n) is 5.46. The minimum atomic E-state index is -0.352. The molecule has 0 saturated carbocycles. The van der Waals surface area contributed by atoms with Gasteiger partial charge in [-0.05, 0) is 53.2 Å². The fraction of sp³-hybridized carbons (Fsp3) is 0.0857. The standard InChI is InChI=1S/C35H25FN4O.Pt/c1-3-24-9-6-8-23(2)35(24)25-21-38-39(22-25)27-10-7-11-28(19-27)41-29-14-15-31-30-12-4-5-13-32(30)40(33(31)20-29)34-18-26(36)16-17-37-34;/h4-18,21-22H,3H2,1-2H3;/q-2;+2. The zero-order valence-electron chi connectivity index (χ0n) is 22.9. The van der Waals surface area contributed by atoms with Gasteiger partial charge in [0, 0.05) is 41.0 Å². The SMILES string of the molecule is CCc1cccc(C)c1-c1cnn(-c2[c-]c(Oc3[c-]c4c(cc3)c3ccccc3n4-c3cc(F)ccn3)ccc2)c1.[Pt+2]. The smallest absolute Gasteiger partial charge is 0.509 e. The maximum Gasteiger partial charge on any atom is 2.00 e. The molecular formula is C35H25FN4OPt. The van der Waals surface area contributed by atoms with Gasteiger partial charge < -0.3 is 9.30 Å². The Morgan fingerprint density at radius 2 is 1.71 bits per heavy atom. The predicted octanol–water partition coefficient (Wildman–Crippen LogP) is 8.43. The van der Waals surface area contributed by atoms with E-state index in [1.165, 1.54) is 35.0 Å². The molecule has 0 spiro atoms. The first-order valence-electron chi connectivity index (χ1n) is 13.5. The third-order valence-corrected chi connectivity index (χ3v) is 7.32. The largest absolute Gasteiger partial charge is 2.00 e. The summed E-state index contributed by atoms with van der Waals surface area (Å²) < 4.78 is 24.1. The monoisotopic (exact) mass is 731 g/mol. The van der Waals surface area contributed by atoms with Gasteiger partial charge in [-0.15, -0.1) is 35.7 Å². The fourth-order valence-corrected chi connectivity index (χ4v) is 5.46. The van der Waals surface area contributed by atoms with E-state index in [9.17, 15) is 4.39 Å². The molecule has 7 rings (SSSR count). The van der Waals surface area contributed by atoms with Crippen LogP contribution in [0.5, 0.6) is 11.5 Å². The Hall–Kier alpha value is -4.54. The molecule has 7 heteroatoms. The van der Waals surface area contributed by atoms with Crippen LogP contribution >= 0.6 is 0 Å². The van der Waals surface area contributed by atoms with Crippen molar-refractivity contribution in [1.29, 1.82) is 0 Å². The molecule has 0 aliphatic carbocycles. The zero-order valence-corrected chi connectivity index (χ0v) is 25.2. The average molecular weight is 732 g/mol. The molecule has 7 aromatic rings. The molecular weight excluding hydrogens is 706 g/mol.